The first kappa shape index (κ1) is 16.3. The number of hydrogen-bond acceptors (Lipinski definition) is 5. The fraction of sp³-hybridized carbons (Fsp3) is 0.462. The maximum atomic E-state index is 11.9. The number of carbonyl (C=O) groups excluding carboxylic acids is 1. The van der Waals surface area contributed by atoms with Crippen LogP contribution in [-0.2, 0) is 19.6 Å². The Labute approximate surface area is 119 Å². The largest absolute Gasteiger partial charge is 0.495 e. The average molecular weight is 301 g/mol. The van der Waals surface area contributed by atoms with Crippen LogP contribution in [0.25, 0.3) is 0 Å². The van der Waals surface area contributed by atoms with E-state index in [1.807, 2.05) is 6.92 Å². The van der Waals surface area contributed by atoms with Gasteiger partial charge in [0.25, 0.3) is 0 Å². The van der Waals surface area contributed by atoms with E-state index in [2.05, 4.69) is 9.46 Å². The fourth-order valence-electron chi connectivity index (χ4n) is 1.61. The first-order valence-corrected chi connectivity index (χ1v) is 7.75. The molecule has 1 aromatic rings. The minimum absolute atomic E-state index is 0.0719. The molecule has 20 heavy (non-hydrogen) atoms. The van der Waals surface area contributed by atoms with Gasteiger partial charge in [0.2, 0.25) is 10.0 Å². The molecule has 0 amide bonds. The predicted octanol–water partition coefficient (Wildman–Crippen LogP) is 1.70. The molecule has 6 nitrogen and oxygen atoms in total. The highest BCUT2D eigenvalue weighted by Crippen LogP contribution is 2.26. The number of hydrogen-bond donors (Lipinski definition) is 1. The Morgan fingerprint density at radius 2 is 2.00 bits per heavy atom. The second-order valence-corrected chi connectivity index (χ2v) is 6.15. The Kier molecular flexibility index (Phi) is 5.82. The maximum Gasteiger partial charge on any atom is 0.305 e. The van der Waals surface area contributed by atoms with Crippen molar-refractivity contribution in [2.75, 3.05) is 24.7 Å². The zero-order valence-electron chi connectivity index (χ0n) is 11.8. The Balaban J connectivity index is 2.69. The number of ether oxygens (including phenoxy) is 2. The number of esters is 1. The van der Waals surface area contributed by atoms with E-state index in [1.54, 1.807) is 18.2 Å². The molecule has 0 bridgehead atoms. The van der Waals surface area contributed by atoms with Crippen molar-refractivity contribution in [3.63, 3.8) is 0 Å². The number of sulfonamides is 1. The maximum absolute atomic E-state index is 11.9. The lowest BCUT2D eigenvalue weighted by molar-refractivity contribution is -0.140. The lowest BCUT2D eigenvalue weighted by Crippen LogP contribution is -2.18. The highest BCUT2D eigenvalue weighted by Gasteiger charge is 2.14. The van der Waals surface area contributed by atoms with Gasteiger partial charge in [0.1, 0.15) is 5.75 Å². The van der Waals surface area contributed by atoms with E-state index in [0.29, 0.717) is 11.4 Å². The van der Waals surface area contributed by atoms with E-state index in [0.717, 1.165) is 5.56 Å². The molecule has 7 heteroatoms. The van der Waals surface area contributed by atoms with Crippen molar-refractivity contribution < 1.29 is 22.7 Å². The topological polar surface area (TPSA) is 81.7 Å². The van der Waals surface area contributed by atoms with Crippen molar-refractivity contribution in [3.8, 4) is 5.75 Å². The van der Waals surface area contributed by atoms with Crippen molar-refractivity contribution in [2.45, 2.75) is 19.8 Å². The van der Waals surface area contributed by atoms with Crippen LogP contribution >= 0.6 is 0 Å². The molecule has 0 saturated heterocycles. The number of benzene rings is 1. The molecule has 0 atom stereocenters. The number of nitrogens with one attached hydrogen (secondary N) is 1. The predicted molar refractivity (Wildman–Crippen MR) is 76.4 cm³/mol. The molecule has 1 rings (SSSR count). The highest BCUT2D eigenvalue weighted by atomic mass is 32.2. The Morgan fingerprint density at radius 1 is 1.30 bits per heavy atom. The summed E-state index contributed by atoms with van der Waals surface area (Å²) < 4.78 is 35.8. The van der Waals surface area contributed by atoms with Crippen LogP contribution in [0.1, 0.15) is 18.4 Å². The fourth-order valence-corrected chi connectivity index (χ4v) is 2.74. The van der Waals surface area contributed by atoms with E-state index < -0.39 is 16.0 Å². The summed E-state index contributed by atoms with van der Waals surface area (Å²) in [5.41, 5.74) is 1.35. The van der Waals surface area contributed by atoms with Crippen molar-refractivity contribution in [2.24, 2.45) is 0 Å². The highest BCUT2D eigenvalue weighted by molar-refractivity contribution is 7.92. The van der Waals surface area contributed by atoms with Crippen LogP contribution < -0.4 is 9.46 Å². The van der Waals surface area contributed by atoms with Gasteiger partial charge in [-0.15, -0.1) is 0 Å². The van der Waals surface area contributed by atoms with Gasteiger partial charge in [-0.2, -0.15) is 0 Å². The average Bonchev–Trinajstić information content (AvgIpc) is 2.40. The molecule has 0 spiro atoms. The molecule has 112 valence electrons. The van der Waals surface area contributed by atoms with Gasteiger partial charge in [-0.3, -0.25) is 9.52 Å². The van der Waals surface area contributed by atoms with E-state index in [9.17, 15) is 13.2 Å². The summed E-state index contributed by atoms with van der Waals surface area (Å²) in [6.07, 6.45) is 0.276. The monoisotopic (exact) mass is 301 g/mol. The van der Waals surface area contributed by atoms with Gasteiger partial charge in [-0.05, 0) is 31.0 Å². The third-order valence-corrected chi connectivity index (χ3v) is 4.00. The van der Waals surface area contributed by atoms with Gasteiger partial charge >= 0.3 is 5.97 Å². The van der Waals surface area contributed by atoms with Crippen molar-refractivity contribution in [1.29, 1.82) is 0 Å². The number of carbonyl (C=O) groups is 1. The molecule has 0 aromatic heterocycles. The smallest absolute Gasteiger partial charge is 0.305 e. The van der Waals surface area contributed by atoms with Gasteiger partial charge < -0.3 is 9.47 Å². The van der Waals surface area contributed by atoms with Crippen LogP contribution in [0.4, 0.5) is 5.69 Å². The third kappa shape index (κ3) is 5.08. The van der Waals surface area contributed by atoms with E-state index in [4.69, 9.17) is 4.74 Å². The van der Waals surface area contributed by atoms with Crippen LogP contribution in [0, 0.1) is 6.92 Å². The molecule has 0 saturated carbocycles. The van der Waals surface area contributed by atoms with Crippen molar-refractivity contribution in [3.05, 3.63) is 23.8 Å². The standard InChI is InChI=1S/C13H19NO5S/c1-10-6-7-11(12(9-10)18-2)14-20(16,17)8-4-5-13(15)19-3/h6-7,9,14H,4-5,8H2,1-3H3. The summed E-state index contributed by atoms with van der Waals surface area (Å²) in [5, 5.41) is 0. The molecule has 1 aromatic carbocycles. The lowest BCUT2D eigenvalue weighted by atomic mass is 10.2. The summed E-state index contributed by atoms with van der Waals surface area (Å²) >= 11 is 0. The Morgan fingerprint density at radius 3 is 2.60 bits per heavy atom. The number of aryl methyl sites for hydroxylation is 1. The van der Waals surface area contributed by atoms with Crippen LogP contribution in [0.3, 0.4) is 0 Å². The second-order valence-electron chi connectivity index (χ2n) is 4.30. The molecule has 0 aliphatic carbocycles. The second kappa shape index (κ2) is 7.14. The molecule has 0 radical (unpaired) electrons. The molecular formula is C13H19NO5S. The first-order chi connectivity index (χ1) is 9.38. The lowest BCUT2D eigenvalue weighted by Gasteiger charge is -2.12. The summed E-state index contributed by atoms with van der Waals surface area (Å²) in [4.78, 5) is 10.9. The quantitative estimate of drug-likeness (QED) is 0.775. The number of methoxy groups -OCH3 is 2. The van der Waals surface area contributed by atoms with Gasteiger partial charge in [-0.1, -0.05) is 6.07 Å². The van der Waals surface area contributed by atoms with Crippen molar-refractivity contribution in [1.82, 2.24) is 0 Å². The molecule has 0 fully saturated rings. The zero-order chi connectivity index (χ0) is 15.2. The van der Waals surface area contributed by atoms with E-state index in [-0.39, 0.29) is 18.6 Å². The molecule has 0 aliphatic heterocycles. The Bertz CT molecular complexity index is 568. The van der Waals surface area contributed by atoms with E-state index >= 15 is 0 Å². The summed E-state index contributed by atoms with van der Waals surface area (Å²) in [6.45, 7) is 1.89. The molecule has 0 unspecified atom stereocenters. The van der Waals surface area contributed by atoms with E-state index in [1.165, 1.54) is 14.2 Å². The van der Waals surface area contributed by atoms with Gasteiger partial charge in [0.05, 0.1) is 25.7 Å². The normalized spacial score (nSPS) is 10.9. The minimum Gasteiger partial charge on any atom is -0.495 e. The SMILES string of the molecule is COC(=O)CCCS(=O)(=O)Nc1ccc(C)cc1OC. The summed E-state index contributed by atoms with van der Waals surface area (Å²) in [5.74, 6) is -0.117. The molecule has 1 N–H and O–H groups in total. The molecular weight excluding hydrogens is 282 g/mol. The van der Waals surface area contributed by atoms with Crippen LogP contribution in [0.2, 0.25) is 0 Å². The zero-order valence-corrected chi connectivity index (χ0v) is 12.6. The number of rotatable bonds is 7. The van der Waals surface area contributed by atoms with Crippen LogP contribution in [0.5, 0.6) is 5.75 Å². The summed E-state index contributed by atoms with van der Waals surface area (Å²) in [7, 11) is -0.776. The third-order valence-electron chi connectivity index (χ3n) is 2.64. The first-order valence-electron chi connectivity index (χ1n) is 6.10. The van der Waals surface area contributed by atoms with Gasteiger partial charge in [0.15, 0.2) is 0 Å². The van der Waals surface area contributed by atoms with Gasteiger partial charge in [-0.25, -0.2) is 8.42 Å². The molecule has 0 aliphatic rings. The van der Waals surface area contributed by atoms with Gasteiger partial charge in [0, 0.05) is 6.42 Å². The van der Waals surface area contributed by atoms with Crippen LogP contribution in [0.15, 0.2) is 18.2 Å². The number of anilines is 1. The van der Waals surface area contributed by atoms with Crippen molar-refractivity contribution >= 4 is 21.7 Å². The molecule has 0 heterocycles. The van der Waals surface area contributed by atoms with Crippen LogP contribution in [-0.4, -0.2) is 34.4 Å². The Hall–Kier alpha value is -1.76. The minimum atomic E-state index is -3.52. The summed E-state index contributed by atoms with van der Waals surface area (Å²) in [6, 6.07) is 5.17.